The topological polar surface area (TPSA) is 66.9 Å². The molecular weight excluding hydrogens is 372 g/mol. The molecule has 1 aliphatic rings. The summed E-state index contributed by atoms with van der Waals surface area (Å²) in [5, 5.41) is 1.60. The summed E-state index contributed by atoms with van der Waals surface area (Å²) in [7, 11) is -2.48. The Balaban J connectivity index is 1.82. The van der Waals surface area contributed by atoms with E-state index in [-0.39, 0.29) is 15.8 Å². The molecule has 0 amide bonds. The Kier molecular flexibility index (Phi) is 5.36. The molecule has 0 aliphatic carbocycles. The SMILES string of the molecule is COC(=O)c1sccc1S(=O)(=O)N1CCN(c2cccc(C)c2)[C@@H](C)C1. The maximum atomic E-state index is 13.0. The van der Waals surface area contributed by atoms with Crippen molar-refractivity contribution in [3.63, 3.8) is 0 Å². The van der Waals surface area contributed by atoms with Crippen LogP contribution in [0.4, 0.5) is 5.69 Å². The number of piperazine rings is 1. The van der Waals surface area contributed by atoms with Gasteiger partial charge in [-0.25, -0.2) is 13.2 Å². The molecule has 1 saturated heterocycles. The van der Waals surface area contributed by atoms with E-state index in [1.54, 1.807) is 5.38 Å². The number of nitrogens with zero attached hydrogens (tertiary/aromatic N) is 2. The lowest BCUT2D eigenvalue weighted by Gasteiger charge is -2.40. The third kappa shape index (κ3) is 3.49. The molecule has 1 atom stereocenters. The van der Waals surface area contributed by atoms with E-state index in [1.165, 1.54) is 23.0 Å². The summed E-state index contributed by atoms with van der Waals surface area (Å²) in [5.41, 5.74) is 2.27. The van der Waals surface area contributed by atoms with Gasteiger partial charge < -0.3 is 9.64 Å². The summed E-state index contributed by atoms with van der Waals surface area (Å²) in [5.74, 6) is -0.620. The first-order valence-electron chi connectivity index (χ1n) is 8.34. The van der Waals surface area contributed by atoms with Gasteiger partial charge in [0.15, 0.2) is 0 Å². The van der Waals surface area contributed by atoms with Gasteiger partial charge in [-0.15, -0.1) is 11.3 Å². The number of hydrogen-bond donors (Lipinski definition) is 0. The smallest absolute Gasteiger partial charge is 0.349 e. The van der Waals surface area contributed by atoms with Crippen molar-refractivity contribution in [3.8, 4) is 0 Å². The Hall–Kier alpha value is -1.90. The van der Waals surface area contributed by atoms with Gasteiger partial charge in [0.25, 0.3) is 0 Å². The molecule has 1 fully saturated rings. The van der Waals surface area contributed by atoms with E-state index < -0.39 is 16.0 Å². The van der Waals surface area contributed by atoms with E-state index in [0.717, 1.165) is 17.0 Å². The molecule has 1 aliphatic heterocycles. The van der Waals surface area contributed by atoms with Gasteiger partial charge in [-0.3, -0.25) is 0 Å². The van der Waals surface area contributed by atoms with Crippen LogP contribution >= 0.6 is 11.3 Å². The number of carbonyl (C=O) groups excluding carboxylic acids is 1. The second-order valence-electron chi connectivity index (χ2n) is 6.35. The summed E-state index contributed by atoms with van der Waals surface area (Å²) in [6, 6.07) is 9.70. The molecule has 0 spiro atoms. The number of benzene rings is 1. The van der Waals surface area contributed by atoms with E-state index in [4.69, 9.17) is 4.74 Å². The Morgan fingerprint density at radius 2 is 2.04 bits per heavy atom. The first kappa shape index (κ1) is 18.9. The van der Waals surface area contributed by atoms with Crippen molar-refractivity contribution in [2.45, 2.75) is 24.8 Å². The zero-order valence-corrected chi connectivity index (χ0v) is 16.6. The molecule has 0 saturated carbocycles. The maximum Gasteiger partial charge on any atom is 0.349 e. The molecule has 0 radical (unpaired) electrons. The molecule has 0 bridgehead atoms. The van der Waals surface area contributed by atoms with Gasteiger partial charge in [-0.05, 0) is 43.0 Å². The highest BCUT2D eigenvalue weighted by Crippen LogP contribution is 2.29. The normalized spacial score (nSPS) is 18.7. The average molecular weight is 395 g/mol. The lowest BCUT2D eigenvalue weighted by atomic mass is 10.1. The first-order chi connectivity index (χ1) is 12.3. The van der Waals surface area contributed by atoms with Gasteiger partial charge in [-0.1, -0.05) is 12.1 Å². The van der Waals surface area contributed by atoms with Crippen LogP contribution in [0.3, 0.4) is 0 Å². The summed E-state index contributed by atoms with van der Waals surface area (Å²) >= 11 is 1.08. The Bertz CT molecular complexity index is 907. The lowest BCUT2D eigenvalue weighted by Crippen LogP contribution is -2.53. The van der Waals surface area contributed by atoms with Crippen molar-refractivity contribution in [3.05, 3.63) is 46.2 Å². The molecule has 0 unspecified atom stereocenters. The number of thiophene rings is 1. The number of sulfonamides is 1. The van der Waals surface area contributed by atoms with Crippen molar-refractivity contribution < 1.29 is 17.9 Å². The van der Waals surface area contributed by atoms with Crippen LogP contribution < -0.4 is 4.90 Å². The minimum Gasteiger partial charge on any atom is -0.465 e. The van der Waals surface area contributed by atoms with Gasteiger partial charge in [0.05, 0.1) is 7.11 Å². The number of hydrogen-bond acceptors (Lipinski definition) is 6. The van der Waals surface area contributed by atoms with Crippen molar-refractivity contribution in [2.75, 3.05) is 31.6 Å². The average Bonchev–Trinajstić information content (AvgIpc) is 3.11. The second kappa shape index (κ2) is 7.38. The molecule has 2 heterocycles. The standard InChI is InChI=1S/C18H22N2O4S2/c1-13-5-4-6-15(11-13)20-9-8-19(12-14(20)2)26(22,23)16-7-10-25-17(16)18(21)24-3/h4-7,10-11,14H,8-9,12H2,1-3H3/t14-/m0/s1. The third-order valence-corrected chi connectivity index (χ3v) is 7.47. The van der Waals surface area contributed by atoms with Crippen molar-refractivity contribution in [1.29, 1.82) is 0 Å². The number of esters is 1. The van der Waals surface area contributed by atoms with Crippen LogP contribution in [-0.2, 0) is 14.8 Å². The van der Waals surface area contributed by atoms with E-state index in [9.17, 15) is 13.2 Å². The van der Waals surface area contributed by atoms with E-state index in [0.29, 0.717) is 19.6 Å². The van der Waals surface area contributed by atoms with Crippen LogP contribution in [0.2, 0.25) is 0 Å². The Labute approximate surface area is 158 Å². The zero-order valence-electron chi connectivity index (χ0n) is 15.0. The molecule has 140 valence electrons. The first-order valence-corrected chi connectivity index (χ1v) is 10.7. The van der Waals surface area contributed by atoms with E-state index >= 15 is 0 Å². The molecule has 1 aromatic carbocycles. The second-order valence-corrected chi connectivity index (χ2v) is 9.17. The molecule has 8 heteroatoms. The van der Waals surface area contributed by atoms with Crippen molar-refractivity contribution in [2.24, 2.45) is 0 Å². The van der Waals surface area contributed by atoms with E-state index in [1.807, 2.05) is 32.0 Å². The molecule has 26 heavy (non-hydrogen) atoms. The van der Waals surface area contributed by atoms with Crippen molar-refractivity contribution in [1.82, 2.24) is 4.31 Å². The van der Waals surface area contributed by atoms with Crippen LogP contribution in [0.1, 0.15) is 22.2 Å². The van der Waals surface area contributed by atoms with Crippen LogP contribution in [0, 0.1) is 6.92 Å². The summed E-state index contributed by atoms with van der Waals surface area (Å²) in [4.78, 5) is 14.2. The number of carbonyl (C=O) groups is 1. The fourth-order valence-electron chi connectivity index (χ4n) is 3.21. The van der Waals surface area contributed by atoms with Gasteiger partial charge in [-0.2, -0.15) is 4.31 Å². The molecule has 1 aromatic heterocycles. The summed E-state index contributed by atoms with van der Waals surface area (Å²) < 4.78 is 32.2. The van der Waals surface area contributed by atoms with Crippen LogP contribution in [0.15, 0.2) is 40.6 Å². The minimum absolute atomic E-state index is 0.0283. The van der Waals surface area contributed by atoms with Gasteiger partial charge in [0.2, 0.25) is 10.0 Å². The molecule has 0 N–H and O–H groups in total. The monoisotopic (exact) mass is 394 g/mol. The minimum atomic E-state index is -3.73. The van der Waals surface area contributed by atoms with Gasteiger partial charge >= 0.3 is 5.97 Å². The predicted octanol–water partition coefficient (Wildman–Crippen LogP) is 2.74. The quantitative estimate of drug-likeness (QED) is 0.746. The molecule has 6 nitrogen and oxygen atoms in total. The Morgan fingerprint density at radius 1 is 1.27 bits per heavy atom. The fourth-order valence-corrected chi connectivity index (χ4v) is 6.03. The summed E-state index contributed by atoms with van der Waals surface area (Å²) in [6.45, 7) is 5.39. The van der Waals surface area contributed by atoms with Crippen molar-refractivity contribution >= 4 is 33.0 Å². The van der Waals surface area contributed by atoms with E-state index in [2.05, 4.69) is 11.0 Å². The number of rotatable bonds is 4. The van der Waals surface area contributed by atoms with Crippen LogP contribution in [0.25, 0.3) is 0 Å². The highest BCUT2D eigenvalue weighted by molar-refractivity contribution is 7.89. The van der Waals surface area contributed by atoms with Crippen LogP contribution in [-0.4, -0.2) is 51.5 Å². The molecular formula is C18H22N2O4S2. The zero-order chi connectivity index (χ0) is 18.9. The Morgan fingerprint density at radius 3 is 2.69 bits per heavy atom. The fraction of sp³-hybridized carbons (Fsp3) is 0.389. The molecule has 2 aromatic rings. The maximum absolute atomic E-state index is 13.0. The number of methoxy groups -OCH3 is 1. The van der Waals surface area contributed by atoms with Gasteiger partial charge in [0.1, 0.15) is 9.77 Å². The summed E-state index contributed by atoms with van der Waals surface area (Å²) in [6.07, 6.45) is 0. The lowest BCUT2D eigenvalue weighted by molar-refractivity contribution is 0.0602. The number of aryl methyl sites for hydroxylation is 1. The molecule has 3 rings (SSSR count). The van der Waals surface area contributed by atoms with Crippen LogP contribution in [0.5, 0.6) is 0 Å². The number of anilines is 1. The third-order valence-electron chi connectivity index (χ3n) is 4.54. The highest BCUT2D eigenvalue weighted by Gasteiger charge is 2.35. The largest absolute Gasteiger partial charge is 0.465 e. The highest BCUT2D eigenvalue weighted by atomic mass is 32.2. The van der Waals surface area contributed by atoms with Gasteiger partial charge in [0, 0.05) is 31.4 Å². The predicted molar refractivity (Wildman–Crippen MR) is 102 cm³/mol. The number of ether oxygens (including phenoxy) is 1.